The Morgan fingerprint density at radius 3 is 2.89 bits per heavy atom. The Kier molecular flexibility index (Phi) is 3.88. The molecule has 4 aromatic rings. The zero-order valence-corrected chi connectivity index (χ0v) is 14.1. The lowest BCUT2D eigenvalue weighted by Gasteiger charge is -2.06. The van der Waals surface area contributed by atoms with Crippen molar-refractivity contribution in [1.82, 2.24) is 25.0 Å². The molecule has 3 heterocycles. The summed E-state index contributed by atoms with van der Waals surface area (Å²) in [6.45, 7) is 0.263. The van der Waals surface area contributed by atoms with E-state index in [2.05, 4.69) is 20.3 Å². The first-order valence-corrected chi connectivity index (χ1v) is 7.78. The Morgan fingerprint density at radius 1 is 1.33 bits per heavy atom. The standard InChI is InChI=1S/C16H13N7O4/c1-26-12-7-9(4-5-10(12)23(24)25)8-22-15-14(20-21-22)13(18-16(17)19-15)11-3-2-6-27-11/h2-7H,8H2,1H3,(H2,17,18,19). The van der Waals surface area contributed by atoms with E-state index in [0.717, 1.165) is 5.56 Å². The molecule has 0 unspecified atom stereocenters. The molecular weight excluding hydrogens is 354 g/mol. The molecule has 0 saturated carbocycles. The number of nitrogen functional groups attached to an aromatic ring is 1. The predicted octanol–water partition coefficient (Wildman–Crippen LogP) is 2.03. The minimum Gasteiger partial charge on any atom is -0.490 e. The van der Waals surface area contributed by atoms with Gasteiger partial charge in [0, 0.05) is 6.07 Å². The van der Waals surface area contributed by atoms with Gasteiger partial charge >= 0.3 is 5.69 Å². The maximum Gasteiger partial charge on any atom is 0.310 e. The molecule has 11 nitrogen and oxygen atoms in total. The largest absolute Gasteiger partial charge is 0.490 e. The van der Waals surface area contributed by atoms with Crippen LogP contribution in [-0.4, -0.2) is 37.0 Å². The van der Waals surface area contributed by atoms with Gasteiger partial charge in [0.05, 0.1) is 24.8 Å². The molecule has 11 heteroatoms. The van der Waals surface area contributed by atoms with Crippen LogP contribution in [0.3, 0.4) is 0 Å². The fourth-order valence-electron chi connectivity index (χ4n) is 2.71. The molecule has 0 amide bonds. The van der Waals surface area contributed by atoms with E-state index < -0.39 is 4.92 Å². The van der Waals surface area contributed by atoms with Gasteiger partial charge in [0.25, 0.3) is 0 Å². The van der Waals surface area contributed by atoms with Crippen molar-refractivity contribution in [1.29, 1.82) is 0 Å². The Labute approximate surface area is 151 Å². The zero-order valence-electron chi connectivity index (χ0n) is 14.1. The number of hydrogen-bond acceptors (Lipinski definition) is 9. The highest BCUT2D eigenvalue weighted by Crippen LogP contribution is 2.29. The van der Waals surface area contributed by atoms with Gasteiger partial charge in [-0.25, -0.2) is 9.67 Å². The Hall–Kier alpha value is -4.02. The van der Waals surface area contributed by atoms with Gasteiger partial charge in [-0.1, -0.05) is 11.3 Å². The molecular formula is C16H13N7O4. The molecule has 0 fully saturated rings. The second kappa shape index (κ2) is 6.37. The highest BCUT2D eigenvalue weighted by molar-refractivity contribution is 5.85. The minimum atomic E-state index is -0.503. The van der Waals surface area contributed by atoms with Crippen LogP contribution in [0.25, 0.3) is 22.6 Å². The fourth-order valence-corrected chi connectivity index (χ4v) is 2.71. The van der Waals surface area contributed by atoms with Crippen molar-refractivity contribution in [2.75, 3.05) is 12.8 Å². The van der Waals surface area contributed by atoms with Crippen LogP contribution in [0.1, 0.15) is 5.56 Å². The number of methoxy groups -OCH3 is 1. The summed E-state index contributed by atoms with van der Waals surface area (Å²) in [4.78, 5) is 18.9. The average molecular weight is 367 g/mol. The van der Waals surface area contributed by atoms with Crippen molar-refractivity contribution in [2.45, 2.75) is 6.54 Å². The normalized spacial score (nSPS) is 11.0. The number of rotatable bonds is 5. The van der Waals surface area contributed by atoms with Crippen LogP contribution in [0.2, 0.25) is 0 Å². The van der Waals surface area contributed by atoms with E-state index in [1.54, 1.807) is 24.3 Å². The quantitative estimate of drug-likeness (QED) is 0.413. The third-order valence-electron chi connectivity index (χ3n) is 3.91. The summed E-state index contributed by atoms with van der Waals surface area (Å²) in [5, 5.41) is 19.3. The number of fused-ring (bicyclic) bond motifs is 1. The van der Waals surface area contributed by atoms with E-state index in [-0.39, 0.29) is 23.9 Å². The number of nitrogens with two attached hydrogens (primary N) is 1. The molecule has 1 aromatic carbocycles. The fraction of sp³-hybridized carbons (Fsp3) is 0.125. The first-order chi connectivity index (χ1) is 13.1. The number of furan rings is 1. The number of nitro groups is 1. The van der Waals surface area contributed by atoms with Crippen LogP contribution >= 0.6 is 0 Å². The van der Waals surface area contributed by atoms with Crippen LogP contribution in [-0.2, 0) is 6.54 Å². The van der Waals surface area contributed by atoms with E-state index in [4.69, 9.17) is 14.9 Å². The SMILES string of the molecule is COc1cc(Cn2nnc3c(-c4ccco4)nc(N)nc32)ccc1[N+](=O)[O-]. The lowest BCUT2D eigenvalue weighted by Crippen LogP contribution is -2.05. The van der Waals surface area contributed by atoms with Gasteiger partial charge in [-0.15, -0.1) is 5.10 Å². The first-order valence-electron chi connectivity index (χ1n) is 7.78. The van der Waals surface area contributed by atoms with Gasteiger partial charge in [-0.3, -0.25) is 10.1 Å². The van der Waals surface area contributed by atoms with Crippen molar-refractivity contribution >= 4 is 22.8 Å². The average Bonchev–Trinajstić information content (AvgIpc) is 3.31. The number of anilines is 1. The van der Waals surface area contributed by atoms with Crippen molar-refractivity contribution in [3.05, 3.63) is 52.3 Å². The van der Waals surface area contributed by atoms with E-state index in [1.165, 1.54) is 24.1 Å². The lowest BCUT2D eigenvalue weighted by molar-refractivity contribution is -0.385. The zero-order chi connectivity index (χ0) is 19.0. The summed E-state index contributed by atoms with van der Waals surface area (Å²) in [6, 6.07) is 8.04. The van der Waals surface area contributed by atoms with Crippen molar-refractivity contribution in [3.63, 3.8) is 0 Å². The molecule has 3 aromatic heterocycles. The highest BCUT2D eigenvalue weighted by Gasteiger charge is 2.19. The number of hydrogen-bond donors (Lipinski definition) is 1. The third kappa shape index (κ3) is 2.90. The Balaban J connectivity index is 1.76. The molecule has 2 N–H and O–H groups in total. The smallest absolute Gasteiger partial charge is 0.310 e. The lowest BCUT2D eigenvalue weighted by atomic mass is 10.2. The maximum absolute atomic E-state index is 11.0. The molecule has 27 heavy (non-hydrogen) atoms. The number of aromatic nitrogens is 5. The third-order valence-corrected chi connectivity index (χ3v) is 3.91. The van der Waals surface area contributed by atoms with Gasteiger partial charge < -0.3 is 14.9 Å². The van der Waals surface area contributed by atoms with E-state index >= 15 is 0 Å². The van der Waals surface area contributed by atoms with Gasteiger partial charge in [0.15, 0.2) is 22.7 Å². The van der Waals surface area contributed by atoms with Crippen molar-refractivity contribution < 1.29 is 14.1 Å². The monoisotopic (exact) mass is 367 g/mol. The summed E-state index contributed by atoms with van der Waals surface area (Å²) in [5.41, 5.74) is 7.73. The minimum absolute atomic E-state index is 0.0544. The maximum atomic E-state index is 11.0. The van der Waals surface area contributed by atoms with Gasteiger partial charge in [0.1, 0.15) is 5.69 Å². The second-order valence-electron chi connectivity index (χ2n) is 5.59. The van der Waals surface area contributed by atoms with Crippen LogP contribution in [0.15, 0.2) is 41.0 Å². The first kappa shape index (κ1) is 16.4. The van der Waals surface area contributed by atoms with Gasteiger partial charge in [-0.2, -0.15) is 4.98 Å². The van der Waals surface area contributed by atoms with Crippen LogP contribution in [0.5, 0.6) is 5.75 Å². The van der Waals surface area contributed by atoms with E-state index in [0.29, 0.717) is 22.6 Å². The molecule has 0 spiro atoms. The molecule has 0 bridgehead atoms. The molecule has 0 radical (unpaired) electrons. The topological polar surface area (TPSA) is 148 Å². The summed E-state index contributed by atoms with van der Waals surface area (Å²) in [6.07, 6.45) is 1.52. The second-order valence-corrected chi connectivity index (χ2v) is 5.59. The highest BCUT2D eigenvalue weighted by atomic mass is 16.6. The molecule has 0 atom stereocenters. The molecule has 0 saturated heterocycles. The Morgan fingerprint density at radius 2 is 2.19 bits per heavy atom. The van der Waals surface area contributed by atoms with Gasteiger partial charge in [0.2, 0.25) is 5.95 Å². The summed E-state index contributed by atoms with van der Waals surface area (Å²) in [7, 11) is 1.38. The van der Waals surface area contributed by atoms with E-state index in [1.807, 2.05) is 0 Å². The van der Waals surface area contributed by atoms with Crippen LogP contribution in [0.4, 0.5) is 11.6 Å². The van der Waals surface area contributed by atoms with Crippen LogP contribution < -0.4 is 10.5 Å². The van der Waals surface area contributed by atoms with E-state index in [9.17, 15) is 10.1 Å². The van der Waals surface area contributed by atoms with Crippen molar-refractivity contribution in [3.8, 4) is 17.2 Å². The molecule has 0 aliphatic rings. The molecule has 0 aliphatic carbocycles. The number of benzene rings is 1. The molecule has 4 rings (SSSR count). The van der Waals surface area contributed by atoms with Crippen molar-refractivity contribution in [2.24, 2.45) is 0 Å². The summed E-state index contributed by atoms with van der Waals surface area (Å²) in [5.74, 6) is 0.712. The predicted molar refractivity (Wildman–Crippen MR) is 94.0 cm³/mol. The summed E-state index contributed by atoms with van der Waals surface area (Å²) >= 11 is 0. The number of ether oxygens (including phenoxy) is 1. The number of nitro benzene ring substituents is 1. The van der Waals surface area contributed by atoms with Gasteiger partial charge in [-0.05, 0) is 23.8 Å². The molecule has 136 valence electrons. The molecule has 0 aliphatic heterocycles. The number of nitrogens with zero attached hydrogens (tertiary/aromatic N) is 6. The van der Waals surface area contributed by atoms with Crippen LogP contribution in [0, 0.1) is 10.1 Å². The summed E-state index contributed by atoms with van der Waals surface area (Å²) < 4.78 is 12.0. The Bertz CT molecular complexity index is 1140.